The van der Waals surface area contributed by atoms with Gasteiger partial charge in [0.05, 0.1) is 13.2 Å². The van der Waals surface area contributed by atoms with Gasteiger partial charge in [-0.3, -0.25) is 4.79 Å². The summed E-state index contributed by atoms with van der Waals surface area (Å²) in [6.45, 7) is 0. The highest BCUT2D eigenvalue weighted by Gasteiger charge is 2.33. The van der Waals surface area contributed by atoms with E-state index in [4.69, 9.17) is 10.5 Å². The number of amides is 1. The highest BCUT2D eigenvalue weighted by Crippen LogP contribution is 2.37. The lowest BCUT2D eigenvalue weighted by atomic mass is 9.88. The first-order valence-electron chi connectivity index (χ1n) is 7.20. The van der Waals surface area contributed by atoms with Gasteiger partial charge in [-0.15, -0.1) is 0 Å². The molecule has 4 nitrogen and oxygen atoms in total. The lowest BCUT2D eigenvalue weighted by Gasteiger charge is -2.38. The Morgan fingerprint density at radius 1 is 1.19 bits per heavy atom. The number of hydrogen-bond acceptors (Lipinski definition) is 3. The van der Waals surface area contributed by atoms with Gasteiger partial charge in [0.1, 0.15) is 5.75 Å². The zero-order chi connectivity index (χ0) is 15.0. The van der Waals surface area contributed by atoms with Crippen LogP contribution in [0.3, 0.4) is 0 Å². The number of nitrogens with zero attached hydrogens (tertiary/aromatic N) is 1. The molecule has 1 amide bonds. The molecule has 1 fully saturated rings. The maximum atomic E-state index is 12.0. The Hall–Kier alpha value is -2.07. The fraction of sp³-hybridized carbons (Fsp3) is 0.353. The Kier molecular flexibility index (Phi) is 3.55. The van der Waals surface area contributed by atoms with Gasteiger partial charge in [0.2, 0.25) is 5.91 Å². The molecule has 0 aromatic heterocycles. The van der Waals surface area contributed by atoms with Crippen LogP contribution in [0.15, 0.2) is 36.4 Å². The van der Waals surface area contributed by atoms with Crippen LogP contribution in [0.5, 0.6) is 5.75 Å². The van der Waals surface area contributed by atoms with Gasteiger partial charge in [0.15, 0.2) is 0 Å². The Morgan fingerprint density at radius 2 is 1.90 bits per heavy atom. The van der Waals surface area contributed by atoms with E-state index in [1.165, 1.54) is 0 Å². The number of carbonyl (C=O) groups is 1. The maximum absolute atomic E-state index is 12.0. The summed E-state index contributed by atoms with van der Waals surface area (Å²) in [5.74, 6) is 0.995. The van der Waals surface area contributed by atoms with Crippen molar-refractivity contribution in [2.75, 3.05) is 14.2 Å². The number of fused-ring (bicyclic) bond motifs is 1. The highest BCUT2D eigenvalue weighted by molar-refractivity contribution is 5.92. The number of rotatable bonds is 2. The van der Waals surface area contributed by atoms with E-state index in [9.17, 15) is 4.79 Å². The number of hydrogen-bond donors (Lipinski definition) is 1. The lowest BCUT2D eigenvalue weighted by Crippen LogP contribution is -2.46. The third-order valence-corrected chi connectivity index (χ3v) is 4.36. The van der Waals surface area contributed by atoms with Crippen molar-refractivity contribution in [2.24, 2.45) is 5.73 Å². The first kappa shape index (κ1) is 13.9. The average Bonchev–Trinajstić information content (AvgIpc) is 2.51. The van der Waals surface area contributed by atoms with Crippen LogP contribution in [0.1, 0.15) is 24.4 Å². The second kappa shape index (κ2) is 5.37. The number of nitrogens with two attached hydrogens (primary N) is 1. The zero-order valence-electron chi connectivity index (χ0n) is 12.4. The second-order valence-electron chi connectivity index (χ2n) is 5.55. The van der Waals surface area contributed by atoms with Gasteiger partial charge in [0, 0.05) is 24.9 Å². The molecule has 0 bridgehead atoms. The fourth-order valence-electron chi connectivity index (χ4n) is 3.24. The summed E-state index contributed by atoms with van der Waals surface area (Å²) in [5, 5.41) is 2.15. The molecule has 1 saturated heterocycles. The lowest BCUT2D eigenvalue weighted by molar-refractivity contribution is -0.135. The molecule has 4 heteroatoms. The van der Waals surface area contributed by atoms with Crippen LogP contribution in [-0.4, -0.2) is 31.0 Å². The Balaban J connectivity index is 2.18. The standard InChI is InChI=1S/C17H20N2O2/c1-19-16(20)10-8-14(18)17(19)13-7-9-15(21-2)12-6-4-3-5-11(12)13/h3-7,9,14,17H,8,10,18H2,1-2H3. The number of likely N-dealkylation sites (N-methyl/N-ethyl adjacent to an activating group) is 1. The number of piperidine rings is 1. The number of benzene rings is 2. The summed E-state index contributed by atoms with van der Waals surface area (Å²) in [5.41, 5.74) is 7.39. The van der Waals surface area contributed by atoms with E-state index < -0.39 is 0 Å². The molecule has 0 radical (unpaired) electrons. The fourth-order valence-corrected chi connectivity index (χ4v) is 3.24. The second-order valence-corrected chi connectivity index (χ2v) is 5.55. The SMILES string of the molecule is COc1ccc(C2C(N)CCC(=O)N2C)c2ccccc12. The Morgan fingerprint density at radius 3 is 2.62 bits per heavy atom. The molecule has 110 valence electrons. The van der Waals surface area contributed by atoms with Crippen LogP contribution in [0, 0.1) is 0 Å². The molecule has 2 aromatic rings. The molecule has 0 saturated carbocycles. The first-order valence-corrected chi connectivity index (χ1v) is 7.20. The van der Waals surface area contributed by atoms with Gasteiger partial charge < -0.3 is 15.4 Å². The molecular formula is C17H20N2O2. The van der Waals surface area contributed by atoms with Crippen molar-refractivity contribution >= 4 is 16.7 Å². The number of likely N-dealkylation sites (tertiary alicyclic amines) is 1. The van der Waals surface area contributed by atoms with E-state index in [1.807, 2.05) is 37.4 Å². The van der Waals surface area contributed by atoms with Crippen LogP contribution in [-0.2, 0) is 4.79 Å². The predicted molar refractivity (Wildman–Crippen MR) is 83.2 cm³/mol. The largest absolute Gasteiger partial charge is 0.496 e. The van der Waals surface area contributed by atoms with Gasteiger partial charge in [0.25, 0.3) is 0 Å². The first-order chi connectivity index (χ1) is 10.1. The smallest absolute Gasteiger partial charge is 0.222 e. The minimum absolute atomic E-state index is 0.0375. The van der Waals surface area contributed by atoms with Gasteiger partial charge >= 0.3 is 0 Å². The Labute approximate surface area is 124 Å². The number of ether oxygens (including phenoxy) is 1. The summed E-state index contributed by atoms with van der Waals surface area (Å²) < 4.78 is 5.43. The van der Waals surface area contributed by atoms with E-state index in [-0.39, 0.29) is 18.0 Å². The van der Waals surface area contributed by atoms with Gasteiger partial charge in [-0.25, -0.2) is 0 Å². The Bertz CT molecular complexity index is 684. The van der Waals surface area contributed by atoms with Crippen LogP contribution < -0.4 is 10.5 Å². The highest BCUT2D eigenvalue weighted by atomic mass is 16.5. The summed E-state index contributed by atoms with van der Waals surface area (Å²) in [4.78, 5) is 13.8. The van der Waals surface area contributed by atoms with Crippen LogP contribution in [0.2, 0.25) is 0 Å². The predicted octanol–water partition coefficient (Wildman–Crippen LogP) is 2.47. The molecule has 0 aliphatic carbocycles. The molecule has 0 spiro atoms. The van der Waals surface area contributed by atoms with E-state index in [0.29, 0.717) is 6.42 Å². The number of methoxy groups -OCH3 is 1. The third kappa shape index (κ3) is 2.25. The van der Waals surface area contributed by atoms with Crippen molar-refractivity contribution in [1.29, 1.82) is 0 Å². The minimum atomic E-state index is -0.0814. The molecule has 21 heavy (non-hydrogen) atoms. The molecular weight excluding hydrogens is 264 g/mol. The van der Waals surface area contributed by atoms with Gasteiger partial charge in [-0.05, 0) is 23.4 Å². The molecule has 1 aliphatic heterocycles. The third-order valence-electron chi connectivity index (χ3n) is 4.36. The molecule has 3 rings (SSSR count). The van der Waals surface area contributed by atoms with Crippen molar-refractivity contribution in [3.05, 3.63) is 42.0 Å². The van der Waals surface area contributed by atoms with Crippen molar-refractivity contribution in [1.82, 2.24) is 4.90 Å². The van der Waals surface area contributed by atoms with Crippen molar-refractivity contribution < 1.29 is 9.53 Å². The summed E-state index contributed by atoms with van der Waals surface area (Å²) in [7, 11) is 3.51. The zero-order valence-corrected chi connectivity index (χ0v) is 12.4. The monoisotopic (exact) mass is 284 g/mol. The molecule has 2 unspecified atom stereocenters. The average molecular weight is 284 g/mol. The molecule has 2 aromatic carbocycles. The molecule has 2 N–H and O–H groups in total. The summed E-state index contributed by atoms with van der Waals surface area (Å²) in [6, 6.07) is 12.0. The quantitative estimate of drug-likeness (QED) is 0.921. The molecule has 1 heterocycles. The maximum Gasteiger partial charge on any atom is 0.222 e. The van der Waals surface area contributed by atoms with Gasteiger partial charge in [-0.1, -0.05) is 30.3 Å². The summed E-state index contributed by atoms with van der Waals surface area (Å²) >= 11 is 0. The van der Waals surface area contributed by atoms with E-state index >= 15 is 0 Å². The minimum Gasteiger partial charge on any atom is -0.496 e. The van der Waals surface area contributed by atoms with E-state index in [0.717, 1.165) is 28.5 Å². The topological polar surface area (TPSA) is 55.6 Å². The van der Waals surface area contributed by atoms with E-state index in [1.54, 1.807) is 12.0 Å². The summed E-state index contributed by atoms with van der Waals surface area (Å²) in [6.07, 6.45) is 1.26. The van der Waals surface area contributed by atoms with Crippen LogP contribution in [0.25, 0.3) is 10.8 Å². The van der Waals surface area contributed by atoms with Crippen molar-refractivity contribution in [2.45, 2.75) is 24.9 Å². The van der Waals surface area contributed by atoms with Crippen molar-refractivity contribution in [3.8, 4) is 5.75 Å². The number of carbonyl (C=O) groups excluding carboxylic acids is 1. The van der Waals surface area contributed by atoms with Crippen LogP contribution >= 0.6 is 0 Å². The van der Waals surface area contributed by atoms with Crippen LogP contribution in [0.4, 0.5) is 0 Å². The molecule has 1 aliphatic rings. The van der Waals surface area contributed by atoms with E-state index in [2.05, 4.69) is 6.07 Å². The van der Waals surface area contributed by atoms with Gasteiger partial charge in [-0.2, -0.15) is 0 Å². The molecule has 2 atom stereocenters. The normalized spacial score (nSPS) is 22.6. The van der Waals surface area contributed by atoms with Crippen molar-refractivity contribution in [3.63, 3.8) is 0 Å².